The summed E-state index contributed by atoms with van der Waals surface area (Å²) in [4.78, 5) is 12.7. The molecule has 4 aliphatic carbocycles. The van der Waals surface area contributed by atoms with E-state index in [4.69, 9.17) is 4.78 Å². The maximum Gasteiger partial charge on any atom is 0.420 e. The average Bonchev–Trinajstić information content (AvgIpc) is 3.02. The third-order valence-electron chi connectivity index (χ3n) is 7.43. The maximum atomic E-state index is 14.4. The van der Waals surface area contributed by atoms with E-state index in [9.17, 15) is 39.7 Å². The molecule has 0 saturated heterocycles. The molecule has 6 rings (SSSR count). The van der Waals surface area contributed by atoms with Crippen molar-refractivity contribution in [1.29, 1.82) is 4.78 Å². The molecular weight excluding hydrogens is 529 g/mol. The van der Waals surface area contributed by atoms with Crippen molar-refractivity contribution in [2.45, 2.75) is 73.7 Å². The van der Waals surface area contributed by atoms with E-state index in [0.29, 0.717) is 0 Å². The van der Waals surface area contributed by atoms with Crippen LogP contribution in [0.4, 0.5) is 36.4 Å². The first-order chi connectivity index (χ1) is 16.8. The Kier molecular flexibility index (Phi) is 5.25. The van der Waals surface area contributed by atoms with Crippen LogP contribution in [-0.4, -0.2) is 37.7 Å². The molecule has 14 heteroatoms. The predicted octanol–water partition coefficient (Wildman–Crippen LogP) is 5.91. The van der Waals surface area contributed by atoms with Gasteiger partial charge in [-0.3, -0.25) is 9.48 Å². The van der Waals surface area contributed by atoms with Crippen LogP contribution in [0.1, 0.15) is 60.8 Å². The minimum absolute atomic E-state index is 0.174. The van der Waals surface area contributed by atoms with Crippen molar-refractivity contribution in [2.75, 3.05) is 11.6 Å². The van der Waals surface area contributed by atoms with Crippen molar-refractivity contribution < 1.29 is 39.7 Å². The van der Waals surface area contributed by atoms with Gasteiger partial charge in [0.25, 0.3) is 5.91 Å². The van der Waals surface area contributed by atoms with Gasteiger partial charge in [-0.1, -0.05) is 6.92 Å². The number of anilines is 1. The number of carbonyl (C=O) groups is 1. The molecule has 0 aliphatic heterocycles. The predicted molar refractivity (Wildman–Crippen MR) is 118 cm³/mol. The van der Waals surface area contributed by atoms with Crippen LogP contribution in [0.15, 0.2) is 23.1 Å². The number of hydrogen-bond acceptors (Lipinski definition) is 4. The quantitative estimate of drug-likeness (QED) is 0.437. The van der Waals surface area contributed by atoms with E-state index < -0.39 is 91.3 Å². The van der Waals surface area contributed by atoms with Crippen molar-refractivity contribution in [3.05, 3.63) is 41.0 Å². The van der Waals surface area contributed by atoms with E-state index in [-0.39, 0.29) is 24.9 Å². The molecule has 2 aromatic rings. The molecule has 0 radical (unpaired) electrons. The molecule has 4 fully saturated rings. The highest BCUT2D eigenvalue weighted by atomic mass is 32.2. The number of rotatable bonds is 6. The monoisotopic (exact) mass is 552 g/mol. The zero-order valence-electron chi connectivity index (χ0n) is 19.7. The summed E-state index contributed by atoms with van der Waals surface area (Å²) in [7, 11) is -3.57. The number of carbonyl (C=O) groups excluding carboxylic acids is 1. The Labute approximate surface area is 207 Å². The molecule has 37 heavy (non-hydrogen) atoms. The highest BCUT2D eigenvalue weighted by Crippen LogP contribution is 2.70. The van der Waals surface area contributed by atoms with Crippen LogP contribution >= 0.6 is 0 Å². The van der Waals surface area contributed by atoms with Crippen LogP contribution in [0.2, 0.25) is 0 Å². The largest absolute Gasteiger partial charge is 0.420 e. The van der Waals surface area contributed by atoms with E-state index >= 15 is 0 Å². The van der Waals surface area contributed by atoms with E-state index in [1.165, 1.54) is 6.92 Å². The van der Waals surface area contributed by atoms with Crippen molar-refractivity contribution in [2.24, 2.45) is 5.41 Å². The molecule has 2 N–H and O–H groups in total. The number of nitrogens with one attached hydrogen (secondary N) is 2. The van der Waals surface area contributed by atoms with Gasteiger partial charge in [0.2, 0.25) is 5.92 Å². The second-order valence-electron chi connectivity index (χ2n) is 11.2. The van der Waals surface area contributed by atoms with Gasteiger partial charge in [-0.15, -0.1) is 0 Å². The summed E-state index contributed by atoms with van der Waals surface area (Å²) in [6.45, 7) is 1.05. The fraction of sp³-hybridized carbons (Fsp3) is 0.565. The number of benzene rings is 1. The minimum atomic E-state index is -5.07. The molecular formula is C23H23F7N4O2S. The van der Waals surface area contributed by atoms with Crippen LogP contribution in [0.3, 0.4) is 0 Å². The fourth-order valence-corrected chi connectivity index (χ4v) is 6.89. The third-order valence-corrected chi connectivity index (χ3v) is 8.58. The average molecular weight is 553 g/mol. The van der Waals surface area contributed by atoms with Gasteiger partial charge in [-0.2, -0.15) is 18.3 Å². The van der Waals surface area contributed by atoms with Crippen LogP contribution < -0.4 is 5.32 Å². The molecule has 2 bridgehead atoms. The fourth-order valence-electron chi connectivity index (χ4n) is 6.10. The Bertz CT molecular complexity index is 1400. The van der Waals surface area contributed by atoms with Gasteiger partial charge < -0.3 is 5.32 Å². The Morgan fingerprint density at radius 3 is 2.24 bits per heavy atom. The molecule has 0 spiro atoms. The molecule has 1 aromatic carbocycles. The first-order valence-corrected chi connectivity index (χ1v) is 13.3. The number of aromatic nitrogens is 2. The van der Waals surface area contributed by atoms with E-state index in [2.05, 4.69) is 10.4 Å². The van der Waals surface area contributed by atoms with E-state index in [1.807, 2.05) is 0 Å². The van der Waals surface area contributed by atoms with Gasteiger partial charge in [0.1, 0.15) is 22.7 Å². The van der Waals surface area contributed by atoms with Gasteiger partial charge in [0, 0.05) is 36.7 Å². The van der Waals surface area contributed by atoms with Gasteiger partial charge in [-0.05, 0) is 42.9 Å². The minimum Gasteiger partial charge on any atom is -0.321 e. The number of hydrogen-bond donors (Lipinski definition) is 2. The Hall–Kier alpha value is -2.64. The van der Waals surface area contributed by atoms with Gasteiger partial charge in [-0.25, -0.2) is 26.6 Å². The normalized spacial score (nSPS) is 28.9. The molecule has 1 unspecified atom stereocenters. The van der Waals surface area contributed by atoms with Crippen molar-refractivity contribution >= 4 is 21.3 Å². The lowest BCUT2D eigenvalue weighted by atomic mass is 9.41. The third kappa shape index (κ3) is 4.30. The zero-order chi connectivity index (χ0) is 27.4. The SMILES string of the molecule is CC1(Cn2nc(C34CC(F)(C3)C4)c(C(F)(F)F)c2C(=O)Nc2ccc(F)c(S(C)(=N)=O)c2)CC(F)(F)C1. The van der Waals surface area contributed by atoms with E-state index in [1.54, 1.807) is 0 Å². The molecule has 1 heterocycles. The Balaban J connectivity index is 1.58. The Morgan fingerprint density at radius 1 is 1.16 bits per heavy atom. The Morgan fingerprint density at radius 2 is 1.76 bits per heavy atom. The number of nitrogens with zero attached hydrogens (tertiary/aromatic N) is 2. The summed E-state index contributed by atoms with van der Waals surface area (Å²) in [5, 5.41) is 6.29. The van der Waals surface area contributed by atoms with Crippen LogP contribution in [0.5, 0.6) is 0 Å². The lowest BCUT2D eigenvalue weighted by Gasteiger charge is -2.65. The molecule has 1 aromatic heterocycles. The summed E-state index contributed by atoms with van der Waals surface area (Å²) in [5.41, 5.74) is -6.87. The number of amides is 1. The van der Waals surface area contributed by atoms with Gasteiger partial charge >= 0.3 is 6.18 Å². The molecule has 1 atom stereocenters. The number of halogens is 7. The molecule has 4 aliphatic rings. The van der Waals surface area contributed by atoms with Crippen LogP contribution in [0, 0.1) is 16.0 Å². The lowest BCUT2D eigenvalue weighted by Crippen LogP contribution is -2.67. The zero-order valence-corrected chi connectivity index (χ0v) is 20.6. The van der Waals surface area contributed by atoms with Crippen molar-refractivity contribution in [3.8, 4) is 0 Å². The first kappa shape index (κ1) is 26.0. The molecule has 202 valence electrons. The van der Waals surface area contributed by atoms with Gasteiger partial charge in [0.15, 0.2) is 0 Å². The molecule has 4 saturated carbocycles. The smallest absolute Gasteiger partial charge is 0.321 e. The standard InChI is InChI=1S/C23H23F7N4O2S/c1-19(6-22(26,27)7-19)11-34-16(18(35)32-12-3-4-13(24)14(5-12)37(2,31)36)15(23(28,29)30)17(33-34)20-8-21(25,9-20)10-20/h3-5,31H,6-11H2,1-2H3,(H,32,35). The second kappa shape index (κ2) is 7.48. The summed E-state index contributed by atoms with van der Waals surface area (Å²) in [5.74, 6) is -5.28. The maximum absolute atomic E-state index is 14.4. The summed E-state index contributed by atoms with van der Waals surface area (Å²) in [6.07, 6.45) is -5.87. The van der Waals surface area contributed by atoms with Crippen LogP contribution in [-0.2, 0) is 27.9 Å². The highest BCUT2D eigenvalue weighted by molar-refractivity contribution is 7.91. The van der Waals surface area contributed by atoms with E-state index in [0.717, 1.165) is 29.1 Å². The lowest BCUT2D eigenvalue weighted by molar-refractivity contribution is -0.170. The highest BCUT2D eigenvalue weighted by Gasteiger charge is 2.72. The second-order valence-corrected chi connectivity index (χ2v) is 13.3. The van der Waals surface area contributed by atoms with Crippen molar-refractivity contribution in [3.63, 3.8) is 0 Å². The topological polar surface area (TPSA) is 87.8 Å². The number of alkyl halides is 6. The summed E-state index contributed by atoms with van der Waals surface area (Å²) < 4.78 is 119. The van der Waals surface area contributed by atoms with Crippen LogP contribution in [0.25, 0.3) is 0 Å². The molecule has 6 nitrogen and oxygen atoms in total. The first-order valence-electron chi connectivity index (χ1n) is 11.4. The summed E-state index contributed by atoms with van der Waals surface area (Å²) in [6, 6.07) is 2.73. The van der Waals surface area contributed by atoms with Crippen molar-refractivity contribution in [1.82, 2.24) is 9.78 Å². The summed E-state index contributed by atoms with van der Waals surface area (Å²) >= 11 is 0. The molecule has 1 amide bonds. The van der Waals surface area contributed by atoms with Gasteiger partial charge in [0.05, 0.1) is 20.3 Å².